The molecule has 0 aromatic carbocycles. The molecule has 0 bridgehead atoms. The van der Waals surface area contributed by atoms with Crippen molar-refractivity contribution in [1.29, 1.82) is 0 Å². The summed E-state index contributed by atoms with van der Waals surface area (Å²) in [4.78, 5) is 37.9. The molecule has 0 spiro atoms. The number of carbonyl (C=O) groups excluding carboxylic acids is 3. The average molecular weight is 873 g/mol. The molecule has 0 aliphatic carbocycles. The molecule has 63 heavy (non-hydrogen) atoms. The van der Waals surface area contributed by atoms with Crippen LogP contribution in [0.5, 0.6) is 0 Å². The Balaban J connectivity index is 4.52. The Morgan fingerprint density at radius 3 is 1.16 bits per heavy atom. The van der Waals surface area contributed by atoms with Crippen LogP contribution >= 0.6 is 0 Å². The zero-order chi connectivity index (χ0) is 45.8. The van der Waals surface area contributed by atoms with Crippen LogP contribution in [-0.2, 0) is 28.6 Å². The molecule has 0 fully saturated rings. The minimum atomic E-state index is -0.814. The van der Waals surface area contributed by atoms with Crippen LogP contribution in [0.15, 0.2) is 109 Å². The van der Waals surface area contributed by atoms with Crippen molar-refractivity contribution < 1.29 is 28.6 Å². The molecule has 1 unspecified atom stereocenters. The van der Waals surface area contributed by atoms with E-state index in [4.69, 9.17) is 14.2 Å². The second-order valence-electron chi connectivity index (χ2n) is 16.4. The fourth-order valence-electron chi connectivity index (χ4n) is 6.57. The smallest absolute Gasteiger partial charge is 0.306 e. The molecule has 0 rings (SSSR count). The standard InChI is InChI=1S/C57H92O6/c1-4-7-10-13-16-19-22-25-27-28-30-32-35-38-41-44-47-50-56(59)62-53-54(52-61-55(58)49-46-43-40-37-34-31-24-21-18-15-12-9-6-3)63-57(60)51-48-45-42-39-36-33-29-26-23-20-17-14-11-8-5-2/h8-9,11-12,14-15,17-18,20-21,23-25,27,30,32,38,41,54H,4-7,10,13,16,19,22,26,28-29,31,33-37,39-40,42-53H2,1-3H3/b11-8+,12-9+,17-14+,18-15+,23-20+,24-21+,27-25+,32-30+,41-38+. The molecule has 0 heterocycles. The fourth-order valence-corrected chi connectivity index (χ4v) is 6.57. The van der Waals surface area contributed by atoms with Crippen LogP contribution in [0.4, 0.5) is 0 Å². The van der Waals surface area contributed by atoms with Gasteiger partial charge in [-0.15, -0.1) is 0 Å². The van der Waals surface area contributed by atoms with E-state index in [1.807, 2.05) is 0 Å². The second kappa shape index (κ2) is 50.7. The first-order valence-electron chi connectivity index (χ1n) is 25.5. The Kier molecular flexibility index (Phi) is 47.5. The number of ether oxygens (including phenoxy) is 3. The lowest BCUT2D eigenvalue weighted by Gasteiger charge is -2.18. The SMILES string of the molecule is CC/C=C/C=C/C=C/CCCCCCCCCC(=O)OC(COC(=O)CCC/C=C/C/C=C/C/C=C/CCCCCCCC)COC(=O)CCCCCCC/C=C/C=C/C=C/CC. The summed E-state index contributed by atoms with van der Waals surface area (Å²) < 4.78 is 16.7. The Morgan fingerprint density at radius 2 is 0.698 bits per heavy atom. The summed E-state index contributed by atoms with van der Waals surface area (Å²) in [7, 11) is 0. The van der Waals surface area contributed by atoms with E-state index in [0.29, 0.717) is 19.3 Å². The van der Waals surface area contributed by atoms with Crippen molar-refractivity contribution >= 4 is 17.9 Å². The largest absolute Gasteiger partial charge is 0.462 e. The van der Waals surface area contributed by atoms with Gasteiger partial charge in [0.25, 0.3) is 0 Å². The number of carbonyl (C=O) groups is 3. The van der Waals surface area contributed by atoms with Gasteiger partial charge in [-0.25, -0.2) is 0 Å². The van der Waals surface area contributed by atoms with Gasteiger partial charge in [-0.3, -0.25) is 14.4 Å². The molecule has 6 heteroatoms. The molecule has 0 amide bonds. The molecule has 0 saturated heterocycles. The zero-order valence-corrected chi connectivity index (χ0v) is 40.5. The van der Waals surface area contributed by atoms with Crippen molar-refractivity contribution in [3.63, 3.8) is 0 Å². The number of rotatable bonds is 44. The third-order valence-electron chi connectivity index (χ3n) is 10.4. The Labute approximate surface area is 387 Å². The molecule has 1 atom stereocenters. The first kappa shape index (κ1) is 59.1. The number of hydrogen-bond donors (Lipinski definition) is 0. The summed E-state index contributed by atoms with van der Waals surface area (Å²) in [6.45, 7) is 6.28. The molecule has 0 saturated carbocycles. The average Bonchev–Trinajstić information content (AvgIpc) is 3.28. The van der Waals surface area contributed by atoms with Crippen LogP contribution in [0.3, 0.4) is 0 Å². The van der Waals surface area contributed by atoms with E-state index in [1.54, 1.807) is 0 Å². The molecule has 356 valence electrons. The third kappa shape index (κ3) is 49.0. The van der Waals surface area contributed by atoms with Gasteiger partial charge in [-0.05, 0) is 89.9 Å². The van der Waals surface area contributed by atoms with Gasteiger partial charge in [0.15, 0.2) is 6.10 Å². The Morgan fingerprint density at radius 1 is 0.349 bits per heavy atom. The number of unbranched alkanes of at least 4 members (excludes halogenated alkanes) is 19. The van der Waals surface area contributed by atoms with E-state index >= 15 is 0 Å². The minimum Gasteiger partial charge on any atom is -0.462 e. The summed E-state index contributed by atoms with van der Waals surface area (Å²) in [5.74, 6) is -1.00. The van der Waals surface area contributed by atoms with Crippen LogP contribution in [0.25, 0.3) is 0 Å². The lowest BCUT2D eigenvalue weighted by Crippen LogP contribution is -2.30. The van der Waals surface area contributed by atoms with Gasteiger partial charge in [-0.1, -0.05) is 214 Å². The fraction of sp³-hybridized carbons (Fsp3) is 0.632. The molecule has 0 aliphatic rings. The molecule has 6 nitrogen and oxygen atoms in total. The normalized spacial score (nSPS) is 13.0. The van der Waals surface area contributed by atoms with Crippen molar-refractivity contribution in [1.82, 2.24) is 0 Å². The Bertz CT molecular complexity index is 1330. The highest BCUT2D eigenvalue weighted by Gasteiger charge is 2.19. The van der Waals surface area contributed by atoms with E-state index < -0.39 is 6.10 Å². The summed E-state index contributed by atoms with van der Waals surface area (Å²) in [5.41, 5.74) is 0. The van der Waals surface area contributed by atoms with Crippen LogP contribution < -0.4 is 0 Å². The first-order valence-corrected chi connectivity index (χ1v) is 25.5. The van der Waals surface area contributed by atoms with Crippen molar-refractivity contribution in [3.8, 4) is 0 Å². The van der Waals surface area contributed by atoms with E-state index in [9.17, 15) is 14.4 Å². The van der Waals surface area contributed by atoms with Crippen molar-refractivity contribution in [3.05, 3.63) is 109 Å². The van der Waals surface area contributed by atoms with Crippen molar-refractivity contribution in [2.45, 2.75) is 219 Å². The maximum absolute atomic E-state index is 12.8. The highest BCUT2D eigenvalue weighted by Crippen LogP contribution is 2.13. The van der Waals surface area contributed by atoms with Crippen LogP contribution in [0.1, 0.15) is 213 Å². The number of esters is 3. The first-order chi connectivity index (χ1) is 31.0. The predicted molar refractivity (Wildman–Crippen MR) is 270 cm³/mol. The molecule has 0 aliphatic heterocycles. The van der Waals surface area contributed by atoms with Gasteiger partial charge in [0, 0.05) is 19.3 Å². The topological polar surface area (TPSA) is 78.9 Å². The number of allylic oxidation sites excluding steroid dienone is 18. The minimum absolute atomic E-state index is 0.112. The molecular formula is C57H92O6. The van der Waals surface area contributed by atoms with Gasteiger partial charge in [0.2, 0.25) is 0 Å². The maximum Gasteiger partial charge on any atom is 0.306 e. The third-order valence-corrected chi connectivity index (χ3v) is 10.4. The van der Waals surface area contributed by atoms with Gasteiger partial charge < -0.3 is 14.2 Å². The second-order valence-corrected chi connectivity index (χ2v) is 16.4. The summed E-state index contributed by atoms with van der Waals surface area (Å²) in [5, 5.41) is 0. The quantitative estimate of drug-likeness (QED) is 0.0199. The summed E-state index contributed by atoms with van der Waals surface area (Å²) in [6, 6.07) is 0. The zero-order valence-electron chi connectivity index (χ0n) is 40.5. The lowest BCUT2D eigenvalue weighted by molar-refractivity contribution is -0.167. The monoisotopic (exact) mass is 873 g/mol. The van der Waals surface area contributed by atoms with Gasteiger partial charge >= 0.3 is 17.9 Å². The van der Waals surface area contributed by atoms with Gasteiger partial charge in [0.05, 0.1) is 0 Å². The van der Waals surface area contributed by atoms with Crippen LogP contribution in [0.2, 0.25) is 0 Å². The van der Waals surface area contributed by atoms with Gasteiger partial charge in [-0.2, -0.15) is 0 Å². The Hall–Kier alpha value is -3.93. The molecule has 0 aromatic rings. The molecular weight excluding hydrogens is 781 g/mol. The molecule has 0 radical (unpaired) electrons. The van der Waals surface area contributed by atoms with Crippen LogP contribution in [0, 0.1) is 0 Å². The van der Waals surface area contributed by atoms with Crippen molar-refractivity contribution in [2.75, 3.05) is 13.2 Å². The van der Waals surface area contributed by atoms with Gasteiger partial charge in [0.1, 0.15) is 13.2 Å². The van der Waals surface area contributed by atoms with Crippen LogP contribution in [-0.4, -0.2) is 37.2 Å². The summed E-state index contributed by atoms with van der Waals surface area (Å²) >= 11 is 0. The summed E-state index contributed by atoms with van der Waals surface area (Å²) in [6.07, 6.45) is 67.9. The van der Waals surface area contributed by atoms with Crippen molar-refractivity contribution in [2.24, 2.45) is 0 Å². The highest BCUT2D eigenvalue weighted by atomic mass is 16.6. The highest BCUT2D eigenvalue weighted by molar-refractivity contribution is 5.71. The number of hydrogen-bond acceptors (Lipinski definition) is 6. The maximum atomic E-state index is 12.8. The van der Waals surface area contributed by atoms with E-state index in [-0.39, 0.29) is 37.5 Å². The van der Waals surface area contributed by atoms with E-state index in [2.05, 4.69) is 130 Å². The molecule has 0 N–H and O–H groups in total. The van der Waals surface area contributed by atoms with E-state index in [1.165, 1.54) is 64.2 Å². The molecule has 0 aromatic heterocycles. The lowest BCUT2D eigenvalue weighted by atomic mass is 10.1. The predicted octanol–water partition coefficient (Wildman–Crippen LogP) is 16.8. The van der Waals surface area contributed by atoms with E-state index in [0.717, 1.165) is 103 Å².